The maximum atomic E-state index is 12.4. The van der Waals surface area contributed by atoms with Gasteiger partial charge in [0.15, 0.2) is 12.4 Å². The summed E-state index contributed by atoms with van der Waals surface area (Å²) in [6.45, 7) is 6.37. The zero-order chi connectivity index (χ0) is 22.5. The number of furan rings is 1. The molecule has 1 saturated heterocycles. The molecule has 1 aliphatic heterocycles. The van der Waals surface area contributed by atoms with Gasteiger partial charge in [-0.2, -0.15) is 0 Å². The van der Waals surface area contributed by atoms with Crippen molar-refractivity contribution in [3.05, 3.63) is 71.8 Å². The number of carbonyl (C=O) groups excluding carboxylic acids is 2. The number of amides is 2. The Kier molecular flexibility index (Phi) is 6.39. The van der Waals surface area contributed by atoms with E-state index in [1.807, 2.05) is 44.2 Å². The summed E-state index contributed by atoms with van der Waals surface area (Å²) >= 11 is 0. The lowest BCUT2D eigenvalue weighted by Crippen LogP contribution is -2.49. The van der Waals surface area contributed by atoms with E-state index in [0.717, 1.165) is 22.7 Å². The van der Waals surface area contributed by atoms with Gasteiger partial charge in [0.1, 0.15) is 11.6 Å². The van der Waals surface area contributed by atoms with Gasteiger partial charge in [0.2, 0.25) is 0 Å². The van der Waals surface area contributed by atoms with E-state index in [1.54, 1.807) is 23.2 Å². The Labute approximate surface area is 186 Å². The molecule has 0 aliphatic carbocycles. The number of pyridine rings is 1. The van der Waals surface area contributed by atoms with Crippen LogP contribution in [-0.2, 0) is 4.79 Å². The van der Waals surface area contributed by atoms with Crippen molar-refractivity contribution in [1.82, 2.24) is 9.88 Å². The van der Waals surface area contributed by atoms with Crippen molar-refractivity contribution in [2.75, 3.05) is 43.0 Å². The molecule has 1 aromatic carbocycles. The largest absolute Gasteiger partial charge is 0.483 e. The number of hydrogen-bond acceptors (Lipinski definition) is 6. The first-order valence-electron chi connectivity index (χ1n) is 10.5. The molecule has 8 heteroatoms. The molecule has 1 fully saturated rings. The fourth-order valence-electron chi connectivity index (χ4n) is 3.70. The molecule has 166 valence electrons. The van der Waals surface area contributed by atoms with Gasteiger partial charge >= 0.3 is 0 Å². The molecule has 32 heavy (non-hydrogen) atoms. The summed E-state index contributed by atoms with van der Waals surface area (Å²) in [7, 11) is 0. The van der Waals surface area contributed by atoms with Crippen LogP contribution in [0.3, 0.4) is 0 Å². The summed E-state index contributed by atoms with van der Waals surface area (Å²) in [6, 6.07) is 12.9. The quantitative estimate of drug-likeness (QED) is 0.641. The molecule has 0 atom stereocenters. The molecule has 2 aromatic heterocycles. The Hall–Kier alpha value is -3.81. The second-order valence-electron chi connectivity index (χ2n) is 7.72. The van der Waals surface area contributed by atoms with Crippen LogP contribution < -0.4 is 15.0 Å². The third kappa shape index (κ3) is 4.91. The molecular formula is C24H26N4O4. The molecule has 0 bridgehead atoms. The van der Waals surface area contributed by atoms with Crippen LogP contribution in [-0.4, -0.2) is 54.5 Å². The van der Waals surface area contributed by atoms with E-state index in [9.17, 15) is 9.59 Å². The topological polar surface area (TPSA) is 87.9 Å². The van der Waals surface area contributed by atoms with Gasteiger partial charge in [-0.05, 0) is 49.2 Å². The zero-order valence-corrected chi connectivity index (χ0v) is 18.2. The summed E-state index contributed by atoms with van der Waals surface area (Å²) in [5.74, 6) is 1.56. The molecule has 0 spiro atoms. The van der Waals surface area contributed by atoms with Crippen LogP contribution in [0.25, 0.3) is 0 Å². The molecule has 3 heterocycles. The minimum absolute atomic E-state index is 0.0703. The molecule has 2 amide bonds. The Morgan fingerprint density at radius 3 is 2.41 bits per heavy atom. The van der Waals surface area contributed by atoms with Crippen LogP contribution in [0.1, 0.15) is 21.7 Å². The van der Waals surface area contributed by atoms with E-state index in [2.05, 4.69) is 15.2 Å². The van der Waals surface area contributed by atoms with Gasteiger partial charge in [-0.15, -0.1) is 0 Å². The maximum absolute atomic E-state index is 12.4. The predicted octanol–water partition coefficient (Wildman–Crippen LogP) is 3.27. The third-order valence-electron chi connectivity index (χ3n) is 5.41. The summed E-state index contributed by atoms with van der Waals surface area (Å²) in [5, 5.41) is 2.81. The average molecular weight is 434 g/mol. The molecule has 8 nitrogen and oxygen atoms in total. The highest BCUT2D eigenvalue weighted by Crippen LogP contribution is 2.22. The minimum atomic E-state index is -0.243. The lowest BCUT2D eigenvalue weighted by molar-refractivity contribution is -0.118. The first-order valence-corrected chi connectivity index (χ1v) is 10.5. The van der Waals surface area contributed by atoms with Crippen molar-refractivity contribution < 1.29 is 18.7 Å². The number of nitrogens with zero attached hydrogens (tertiary/aromatic N) is 3. The van der Waals surface area contributed by atoms with Crippen LogP contribution >= 0.6 is 0 Å². The minimum Gasteiger partial charge on any atom is -0.483 e. The summed E-state index contributed by atoms with van der Waals surface area (Å²) in [6.07, 6.45) is 3.14. The summed E-state index contributed by atoms with van der Waals surface area (Å²) < 4.78 is 10.9. The second-order valence-corrected chi connectivity index (χ2v) is 7.72. The Morgan fingerprint density at radius 1 is 1.03 bits per heavy atom. The smallest absolute Gasteiger partial charge is 0.289 e. The van der Waals surface area contributed by atoms with Gasteiger partial charge in [0, 0.05) is 26.2 Å². The number of anilines is 2. The fraction of sp³-hybridized carbons (Fsp3) is 0.292. The number of nitrogens with one attached hydrogen (secondary N) is 1. The Bertz CT molecular complexity index is 1050. The maximum Gasteiger partial charge on any atom is 0.289 e. The molecule has 3 aromatic rings. The van der Waals surface area contributed by atoms with Crippen LogP contribution in [0.5, 0.6) is 5.75 Å². The number of carbonyl (C=O) groups is 2. The van der Waals surface area contributed by atoms with Gasteiger partial charge in [-0.1, -0.05) is 18.2 Å². The lowest BCUT2D eigenvalue weighted by Gasteiger charge is -2.35. The third-order valence-corrected chi connectivity index (χ3v) is 5.41. The summed E-state index contributed by atoms with van der Waals surface area (Å²) in [5.41, 5.74) is 2.60. The van der Waals surface area contributed by atoms with Crippen molar-refractivity contribution in [2.45, 2.75) is 13.8 Å². The van der Waals surface area contributed by atoms with E-state index < -0.39 is 0 Å². The first kappa shape index (κ1) is 21.4. The number of aromatic nitrogens is 1. The number of para-hydroxylation sites is 1. The van der Waals surface area contributed by atoms with E-state index >= 15 is 0 Å². The molecular weight excluding hydrogens is 408 g/mol. The van der Waals surface area contributed by atoms with Gasteiger partial charge in [0.05, 0.1) is 18.1 Å². The highest BCUT2D eigenvalue weighted by Gasteiger charge is 2.24. The number of piperazine rings is 1. The number of rotatable bonds is 6. The van der Waals surface area contributed by atoms with Crippen LogP contribution in [0.4, 0.5) is 11.5 Å². The van der Waals surface area contributed by atoms with Gasteiger partial charge in [-0.25, -0.2) is 4.98 Å². The van der Waals surface area contributed by atoms with E-state index in [-0.39, 0.29) is 18.4 Å². The first-order chi connectivity index (χ1) is 15.5. The van der Waals surface area contributed by atoms with Crippen LogP contribution in [0.2, 0.25) is 0 Å². The number of benzene rings is 1. The normalized spacial score (nSPS) is 13.7. The van der Waals surface area contributed by atoms with Crippen LogP contribution in [0.15, 0.2) is 59.3 Å². The van der Waals surface area contributed by atoms with Crippen molar-refractivity contribution in [3.8, 4) is 5.75 Å². The van der Waals surface area contributed by atoms with Crippen molar-refractivity contribution >= 4 is 23.3 Å². The van der Waals surface area contributed by atoms with Crippen molar-refractivity contribution in [1.29, 1.82) is 0 Å². The molecule has 4 rings (SSSR count). The average Bonchev–Trinajstić information content (AvgIpc) is 3.34. The highest BCUT2D eigenvalue weighted by molar-refractivity contribution is 5.92. The SMILES string of the molecule is Cc1cccc(C)c1OCC(=O)Nc1ccc(N2CCN(C(=O)c3ccco3)CC2)nc1. The van der Waals surface area contributed by atoms with Crippen molar-refractivity contribution in [3.63, 3.8) is 0 Å². The lowest BCUT2D eigenvalue weighted by atomic mass is 10.1. The molecule has 0 saturated carbocycles. The molecule has 0 unspecified atom stereocenters. The molecule has 1 aliphatic rings. The molecule has 1 N–H and O–H groups in total. The van der Waals surface area contributed by atoms with E-state index in [1.165, 1.54) is 6.26 Å². The number of hydrogen-bond donors (Lipinski definition) is 1. The number of aryl methyl sites for hydroxylation is 2. The van der Waals surface area contributed by atoms with Crippen LogP contribution in [0, 0.1) is 13.8 Å². The Balaban J connectivity index is 1.27. The highest BCUT2D eigenvalue weighted by atomic mass is 16.5. The van der Waals surface area contributed by atoms with Gasteiger partial charge < -0.3 is 24.3 Å². The van der Waals surface area contributed by atoms with E-state index in [4.69, 9.17) is 9.15 Å². The fourth-order valence-corrected chi connectivity index (χ4v) is 3.70. The second kappa shape index (κ2) is 9.55. The monoisotopic (exact) mass is 434 g/mol. The van der Waals surface area contributed by atoms with Gasteiger partial charge in [0.25, 0.3) is 11.8 Å². The summed E-state index contributed by atoms with van der Waals surface area (Å²) in [4.78, 5) is 33.0. The standard InChI is InChI=1S/C24H26N4O4/c1-17-5-3-6-18(2)23(17)32-16-22(29)26-19-8-9-21(25-15-19)27-10-12-28(13-11-27)24(30)20-7-4-14-31-20/h3-9,14-15H,10-13,16H2,1-2H3,(H,26,29). The molecule has 0 radical (unpaired) electrons. The Morgan fingerprint density at radius 2 is 1.78 bits per heavy atom. The predicted molar refractivity (Wildman–Crippen MR) is 121 cm³/mol. The van der Waals surface area contributed by atoms with E-state index in [0.29, 0.717) is 37.6 Å². The van der Waals surface area contributed by atoms with Gasteiger partial charge in [-0.3, -0.25) is 9.59 Å². The zero-order valence-electron chi connectivity index (χ0n) is 18.2. The number of ether oxygens (including phenoxy) is 1. The van der Waals surface area contributed by atoms with Crippen molar-refractivity contribution in [2.24, 2.45) is 0 Å².